The van der Waals surface area contributed by atoms with E-state index in [1.165, 1.54) is 62.3 Å². The summed E-state index contributed by atoms with van der Waals surface area (Å²) in [4.78, 5) is 13.0. The van der Waals surface area contributed by atoms with Crippen molar-refractivity contribution in [1.29, 1.82) is 0 Å². The van der Waals surface area contributed by atoms with Crippen molar-refractivity contribution in [2.45, 2.75) is 55.8 Å². The molecule has 4 nitrogen and oxygen atoms in total. The van der Waals surface area contributed by atoms with E-state index in [0.29, 0.717) is 5.41 Å². The van der Waals surface area contributed by atoms with Crippen LogP contribution in [0.5, 0.6) is 0 Å². The first-order chi connectivity index (χ1) is 14.6. The van der Waals surface area contributed by atoms with Gasteiger partial charge in [-0.2, -0.15) is 0 Å². The number of rotatable bonds is 4. The Morgan fingerprint density at radius 1 is 1.00 bits per heavy atom. The first-order valence-electron chi connectivity index (χ1n) is 11.0. The normalized spacial score (nSPS) is 29.2. The van der Waals surface area contributed by atoms with Gasteiger partial charge in [-0.05, 0) is 104 Å². The van der Waals surface area contributed by atoms with Crippen LogP contribution in [0.15, 0.2) is 41.3 Å². The molecule has 6 rings (SSSR count). The Balaban J connectivity index is 1.40. The van der Waals surface area contributed by atoms with E-state index < -0.39 is 15.7 Å². The van der Waals surface area contributed by atoms with Gasteiger partial charge in [0.2, 0.25) is 0 Å². The van der Waals surface area contributed by atoms with Gasteiger partial charge in [0.1, 0.15) is 0 Å². The van der Waals surface area contributed by atoms with Gasteiger partial charge in [-0.3, -0.25) is 4.79 Å². The van der Waals surface area contributed by atoms with Crippen LogP contribution >= 0.6 is 11.6 Å². The lowest BCUT2D eigenvalue weighted by molar-refractivity contribution is -0.00520. The number of halogens is 1. The van der Waals surface area contributed by atoms with Crippen LogP contribution in [-0.2, 0) is 15.3 Å². The molecule has 0 unspecified atom stereocenters. The van der Waals surface area contributed by atoms with Gasteiger partial charge >= 0.3 is 0 Å². The van der Waals surface area contributed by atoms with Crippen molar-refractivity contribution >= 4 is 33.0 Å². The van der Waals surface area contributed by atoms with Gasteiger partial charge in [0.25, 0.3) is 5.91 Å². The molecule has 4 aliphatic carbocycles. The lowest BCUT2D eigenvalue weighted by Gasteiger charge is -2.57. The highest BCUT2D eigenvalue weighted by molar-refractivity contribution is 7.90. The summed E-state index contributed by atoms with van der Waals surface area (Å²) in [5.41, 5.74) is 3.65. The fraction of sp³-hybridized carbons (Fsp3) is 0.480. The molecule has 4 bridgehead atoms. The number of anilines is 1. The van der Waals surface area contributed by atoms with Gasteiger partial charge in [0.05, 0.1) is 15.5 Å². The zero-order valence-corrected chi connectivity index (χ0v) is 19.5. The monoisotopic (exact) mass is 457 g/mol. The molecular formula is C25H28ClNO3S. The summed E-state index contributed by atoms with van der Waals surface area (Å²) in [5, 5.41) is 3.16. The molecule has 0 aromatic heterocycles. The number of aryl methyl sites for hydroxylation is 1. The molecular weight excluding hydrogens is 430 g/mol. The molecule has 4 fully saturated rings. The molecule has 4 saturated carbocycles. The molecule has 0 atom stereocenters. The summed E-state index contributed by atoms with van der Waals surface area (Å²) >= 11 is 6.19. The minimum Gasteiger partial charge on any atom is -0.322 e. The summed E-state index contributed by atoms with van der Waals surface area (Å²) in [6, 6.07) is 10.6. The molecule has 0 saturated heterocycles. The van der Waals surface area contributed by atoms with E-state index >= 15 is 0 Å². The molecule has 0 spiro atoms. The highest BCUT2D eigenvalue weighted by Gasteiger charge is 2.51. The summed E-state index contributed by atoms with van der Waals surface area (Å²) in [7, 11) is -3.42. The van der Waals surface area contributed by atoms with E-state index in [1.807, 2.05) is 13.0 Å². The molecule has 2 aromatic carbocycles. The van der Waals surface area contributed by atoms with Gasteiger partial charge in [-0.25, -0.2) is 8.42 Å². The second-order valence-corrected chi connectivity index (χ2v) is 12.5. The van der Waals surface area contributed by atoms with E-state index in [4.69, 9.17) is 11.6 Å². The van der Waals surface area contributed by atoms with Crippen LogP contribution in [0.4, 0.5) is 5.69 Å². The third-order valence-corrected chi connectivity index (χ3v) is 9.18. The molecule has 31 heavy (non-hydrogen) atoms. The Bertz CT molecular complexity index is 1140. The van der Waals surface area contributed by atoms with Gasteiger partial charge in [0.15, 0.2) is 9.84 Å². The van der Waals surface area contributed by atoms with Gasteiger partial charge in [0, 0.05) is 11.9 Å². The lowest BCUT2D eigenvalue weighted by Crippen LogP contribution is -2.48. The average molecular weight is 458 g/mol. The maximum absolute atomic E-state index is 12.9. The third-order valence-electron chi connectivity index (χ3n) is 7.74. The molecule has 0 radical (unpaired) electrons. The number of hydrogen-bond acceptors (Lipinski definition) is 3. The first-order valence-corrected chi connectivity index (χ1v) is 13.3. The maximum atomic E-state index is 12.9. The summed E-state index contributed by atoms with van der Waals surface area (Å²) in [6.07, 6.45) is 9.28. The van der Waals surface area contributed by atoms with E-state index in [9.17, 15) is 13.2 Å². The minimum absolute atomic E-state index is 0.0796. The highest BCUT2D eigenvalue weighted by atomic mass is 35.5. The Hall–Kier alpha value is -1.85. The number of carbonyl (C=O) groups excluding carboxylic acids is 1. The van der Waals surface area contributed by atoms with Gasteiger partial charge in [-0.15, -0.1) is 0 Å². The molecule has 1 amide bonds. The molecule has 164 valence electrons. The lowest BCUT2D eigenvalue weighted by atomic mass is 9.48. The second kappa shape index (κ2) is 7.35. The first kappa shape index (κ1) is 21.0. The Kier molecular flexibility index (Phi) is 4.98. The predicted molar refractivity (Wildman–Crippen MR) is 124 cm³/mol. The number of benzene rings is 2. The number of nitrogens with one attached hydrogen (secondary N) is 1. The van der Waals surface area contributed by atoms with Crippen molar-refractivity contribution < 1.29 is 13.2 Å². The number of carbonyl (C=O) groups is 1. The van der Waals surface area contributed by atoms with Crippen LogP contribution in [0.2, 0.25) is 5.02 Å². The Labute approximate surface area is 189 Å². The van der Waals surface area contributed by atoms with Crippen molar-refractivity contribution in [3.8, 4) is 0 Å². The van der Waals surface area contributed by atoms with E-state index in [0.717, 1.165) is 35.3 Å². The number of sulfone groups is 1. The van der Waals surface area contributed by atoms with E-state index in [-0.39, 0.29) is 15.5 Å². The van der Waals surface area contributed by atoms with Crippen LogP contribution in [0.3, 0.4) is 0 Å². The third kappa shape index (κ3) is 3.80. The van der Waals surface area contributed by atoms with Crippen molar-refractivity contribution in [3.05, 3.63) is 58.1 Å². The Morgan fingerprint density at radius 2 is 1.61 bits per heavy atom. The molecule has 0 aliphatic heterocycles. The summed E-state index contributed by atoms with van der Waals surface area (Å²) in [5.74, 6) is 2.25. The molecule has 1 N–H and O–H groups in total. The predicted octanol–water partition coefficient (Wildman–Crippen LogP) is 5.77. The standard InChI is InChI=1S/C25H28ClNO3S/c1-15-7-19(25-12-16-8-17(13-25)10-18(9-16)14-25)3-6-23(15)27-24(28)21-11-20(31(2,29)30)4-5-22(21)26/h3-7,11,16-18H,8-10,12-14H2,1-2H3,(H,27,28). The maximum Gasteiger partial charge on any atom is 0.257 e. The van der Waals surface area contributed by atoms with Gasteiger partial charge in [-0.1, -0.05) is 23.7 Å². The summed E-state index contributed by atoms with van der Waals surface area (Å²) in [6.45, 7) is 2.02. The SMILES string of the molecule is Cc1cc(C23CC4CC(CC(C4)C2)C3)ccc1NC(=O)c1cc(S(C)(=O)=O)ccc1Cl. The van der Waals surface area contributed by atoms with Crippen LogP contribution in [-0.4, -0.2) is 20.6 Å². The molecule has 4 aliphatic rings. The second-order valence-electron chi connectivity index (χ2n) is 10.1. The van der Waals surface area contributed by atoms with Crippen LogP contribution < -0.4 is 5.32 Å². The van der Waals surface area contributed by atoms with E-state index in [1.54, 1.807) is 0 Å². The fourth-order valence-electron chi connectivity index (χ4n) is 6.70. The zero-order valence-electron chi connectivity index (χ0n) is 17.9. The van der Waals surface area contributed by atoms with Crippen LogP contribution in [0.25, 0.3) is 0 Å². The molecule has 6 heteroatoms. The largest absolute Gasteiger partial charge is 0.322 e. The topological polar surface area (TPSA) is 63.2 Å². The number of hydrogen-bond donors (Lipinski definition) is 1. The van der Waals surface area contributed by atoms with Gasteiger partial charge < -0.3 is 5.32 Å². The highest BCUT2D eigenvalue weighted by Crippen LogP contribution is 2.60. The van der Waals surface area contributed by atoms with E-state index in [2.05, 4.69) is 17.4 Å². The van der Waals surface area contributed by atoms with Crippen LogP contribution in [0, 0.1) is 24.7 Å². The molecule has 0 heterocycles. The van der Waals surface area contributed by atoms with Crippen molar-refractivity contribution in [2.75, 3.05) is 11.6 Å². The van der Waals surface area contributed by atoms with Crippen LogP contribution in [0.1, 0.15) is 60.0 Å². The zero-order chi connectivity index (χ0) is 22.0. The molecule has 2 aromatic rings. The minimum atomic E-state index is -3.42. The average Bonchev–Trinajstić information content (AvgIpc) is 2.67. The Morgan fingerprint density at radius 3 is 2.16 bits per heavy atom. The van der Waals surface area contributed by atoms with Crippen molar-refractivity contribution in [2.24, 2.45) is 17.8 Å². The summed E-state index contributed by atoms with van der Waals surface area (Å²) < 4.78 is 23.7. The van der Waals surface area contributed by atoms with Crippen molar-refractivity contribution in [3.63, 3.8) is 0 Å². The van der Waals surface area contributed by atoms with Crippen molar-refractivity contribution in [1.82, 2.24) is 0 Å². The number of amides is 1. The quantitative estimate of drug-likeness (QED) is 0.633. The smallest absolute Gasteiger partial charge is 0.257 e. The fourth-order valence-corrected chi connectivity index (χ4v) is 7.55.